The van der Waals surface area contributed by atoms with E-state index in [0.29, 0.717) is 11.1 Å². The molecule has 0 saturated carbocycles. The number of hydrogen-bond donors (Lipinski definition) is 1. The number of carbonyl (C=O) groups excluding carboxylic acids is 3. The van der Waals surface area contributed by atoms with Crippen molar-refractivity contribution in [2.45, 2.75) is 19.5 Å². The van der Waals surface area contributed by atoms with Crippen molar-refractivity contribution in [3.8, 4) is 0 Å². The third-order valence-corrected chi connectivity index (χ3v) is 6.41. The van der Waals surface area contributed by atoms with E-state index >= 15 is 0 Å². The molecule has 1 unspecified atom stereocenters. The number of methoxy groups -OCH3 is 1. The van der Waals surface area contributed by atoms with Gasteiger partial charge in [0.1, 0.15) is 5.58 Å². The monoisotopic (exact) mass is 481 g/mol. The molecule has 0 spiro atoms. The van der Waals surface area contributed by atoms with E-state index in [1.807, 2.05) is 43.3 Å². The third-order valence-electron chi connectivity index (χ3n) is 6.41. The first kappa shape index (κ1) is 23.1. The number of nitrogens with zero attached hydrogens (tertiary/aromatic N) is 1. The van der Waals surface area contributed by atoms with Gasteiger partial charge in [0.25, 0.3) is 5.91 Å². The topological polar surface area (TPSA) is 97.0 Å². The van der Waals surface area contributed by atoms with E-state index in [2.05, 4.69) is 0 Å². The van der Waals surface area contributed by atoms with Crippen LogP contribution in [0.15, 0.2) is 94.6 Å². The van der Waals surface area contributed by atoms with Crippen LogP contribution in [-0.4, -0.2) is 34.8 Å². The SMILES string of the molecule is COC(=O)c1ccc(CN2C(=O)C(O)=C(C(=O)c3cc4ccccc4o3)C2c2ccccc2C)cc1. The first-order valence-electron chi connectivity index (χ1n) is 11.4. The quantitative estimate of drug-likeness (QED) is 0.296. The minimum absolute atomic E-state index is 0.0282. The maximum atomic E-state index is 13.7. The number of ketones is 1. The highest BCUT2D eigenvalue weighted by Crippen LogP contribution is 2.41. The van der Waals surface area contributed by atoms with Crippen molar-refractivity contribution in [3.63, 3.8) is 0 Å². The largest absolute Gasteiger partial charge is 0.503 e. The molecule has 1 atom stereocenters. The van der Waals surface area contributed by atoms with Crippen LogP contribution in [-0.2, 0) is 16.1 Å². The molecule has 180 valence electrons. The number of carbonyl (C=O) groups is 3. The summed E-state index contributed by atoms with van der Waals surface area (Å²) >= 11 is 0. The second kappa shape index (κ2) is 9.19. The molecular weight excluding hydrogens is 458 g/mol. The third kappa shape index (κ3) is 3.94. The molecule has 3 aromatic carbocycles. The zero-order valence-corrected chi connectivity index (χ0v) is 19.7. The second-order valence-corrected chi connectivity index (χ2v) is 8.62. The van der Waals surface area contributed by atoms with Crippen molar-refractivity contribution in [3.05, 3.63) is 118 Å². The van der Waals surface area contributed by atoms with Crippen molar-refractivity contribution >= 4 is 28.6 Å². The van der Waals surface area contributed by atoms with Gasteiger partial charge in [-0.3, -0.25) is 9.59 Å². The predicted octanol–water partition coefficient (Wildman–Crippen LogP) is 5.31. The lowest BCUT2D eigenvalue weighted by Crippen LogP contribution is -2.31. The van der Waals surface area contributed by atoms with Gasteiger partial charge in [0.2, 0.25) is 5.78 Å². The van der Waals surface area contributed by atoms with E-state index in [0.717, 1.165) is 22.1 Å². The molecule has 1 amide bonds. The van der Waals surface area contributed by atoms with Crippen molar-refractivity contribution in [2.75, 3.05) is 7.11 Å². The minimum atomic E-state index is -0.820. The first-order chi connectivity index (χ1) is 17.4. The molecule has 7 heteroatoms. The van der Waals surface area contributed by atoms with E-state index in [1.165, 1.54) is 12.0 Å². The highest BCUT2D eigenvalue weighted by Gasteiger charge is 2.45. The fraction of sp³-hybridized carbons (Fsp3) is 0.138. The number of Topliss-reactive ketones (excluding diaryl/α,β-unsaturated/α-hetero) is 1. The van der Waals surface area contributed by atoms with Crippen LogP contribution in [0.5, 0.6) is 0 Å². The molecule has 1 N–H and O–H groups in total. The standard InChI is InChI=1S/C29H23NO6/c1-17-7-3-5-9-21(17)25-24(26(31)23-15-20-8-4-6-10-22(20)36-23)27(32)28(33)30(25)16-18-11-13-19(14-12-18)29(34)35-2/h3-15,25,32H,16H2,1-2H3. The summed E-state index contributed by atoms with van der Waals surface area (Å²) in [6.07, 6.45) is 0. The molecule has 0 radical (unpaired) electrons. The summed E-state index contributed by atoms with van der Waals surface area (Å²) in [6, 6.07) is 22.1. The van der Waals surface area contributed by atoms with Crippen LogP contribution in [0.2, 0.25) is 0 Å². The molecule has 5 rings (SSSR count). The lowest BCUT2D eigenvalue weighted by Gasteiger charge is -2.28. The maximum absolute atomic E-state index is 13.7. The minimum Gasteiger partial charge on any atom is -0.503 e. The van der Waals surface area contributed by atoms with E-state index in [1.54, 1.807) is 42.5 Å². The summed E-state index contributed by atoms with van der Waals surface area (Å²) in [5, 5.41) is 11.7. The molecule has 0 fully saturated rings. The highest BCUT2D eigenvalue weighted by atomic mass is 16.5. The van der Waals surface area contributed by atoms with Crippen LogP contribution in [0, 0.1) is 6.92 Å². The van der Waals surface area contributed by atoms with Gasteiger partial charge in [0, 0.05) is 11.9 Å². The number of hydrogen-bond acceptors (Lipinski definition) is 6. The van der Waals surface area contributed by atoms with Crippen molar-refractivity contribution < 1.29 is 28.6 Å². The average molecular weight is 482 g/mol. The Kier molecular flexibility index (Phi) is 5.90. The highest BCUT2D eigenvalue weighted by molar-refractivity contribution is 6.16. The van der Waals surface area contributed by atoms with E-state index in [4.69, 9.17) is 9.15 Å². The molecule has 1 aliphatic rings. The number of aliphatic hydroxyl groups excluding tert-OH is 1. The Morgan fingerprint density at radius 3 is 2.39 bits per heavy atom. The zero-order chi connectivity index (χ0) is 25.4. The Balaban J connectivity index is 1.56. The number of furan rings is 1. The van der Waals surface area contributed by atoms with Crippen molar-refractivity contribution in [2.24, 2.45) is 0 Å². The number of amides is 1. The van der Waals surface area contributed by atoms with Gasteiger partial charge in [-0.15, -0.1) is 0 Å². The molecule has 0 bridgehead atoms. The molecule has 36 heavy (non-hydrogen) atoms. The predicted molar refractivity (Wildman–Crippen MR) is 132 cm³/mol. The molecule has 7 nitrogen and oxygen atoms in total. The molecule has 4 aromatic rings. The van der Waals surface area contributed by atoms with Crippen LogP contribution in [0.25, 0.3) is 11.0 Å². The molecular formula is C29H23NO6. The zero-order valence-electron chi connectivity index (χ0n) is 19.7. The Labute approximate surface area is 207 Å². The summed E-state index contributed by atoms with van der Waals surface area (Å²) in [5.41, 5.74) is 3.21. The summed E-state index contributed by atoms with van der Waals surface area (Å²) in [4.78, 5) is 40.2. The van der Waals surface area contributed by atoms with Gasteiger partial charge in [0.05, 0.1) is 24.3 Å². The van der Waals surface area contributed by atoms with E-state index < -0.39 is 29.5 Å². The molecule has 1 aromatic heterocycles. The fourth-order valence-corrected chi connectivity index (χ4v) is 4.55. The summed E-state index contributed by atoms with van der Waals surface area (Å²) < 4.78 is 10.5. The number of aliphatic hydroxyl groups is 1. The van der Waals surface area contributed by atoms with Gasteiger partial charge in [0.15, 0.2) is 11.5 Å². The van der Waals surface area contributed by atoms with Crippen LogP contribution in [0.1, 0.15) is 43.6 Å². The second-order valence-electron chi connectivity index (χ2n) is 8.62. The van der Waals surface area contributed by atoms with Gasteiger partial charge in [-0.2, -0.15) is 0 Å². The normalized spacial score (nSPS) is 15.6. The molecule has 0 saturated heterocycles. The van der Waals surface area contributed by atoms with Gasteiger partial charge < -0.3 is 19.2 Å². The molecule has 0 aliphatic carbocycles. The van der Waals surface area contributed by atoms with Crippen LogP contribution >= 0.6 is 0 Å². The number of rotatable bonds is 6. The average Bonchev–Trinajstić information content (AvgIpc) is 3.44. The van der Waals surface area contributed by atoms with Gasteiger partial charge in [-0.25, -0.2) is 4.79 Å². The van der Waals surface area contributed by atoms with E-state index in [9.17, 15) is 19.5 Å². The van der Waals surface area contributed by atoms with Gasteiger partial charge >= 0.3 is 5.97 Å². The van der Waals surface area contributed by atoms with E-state index in [-0.39, 0.29) is 17.9 Å². The number of esters is 1. The molecule has 1 aliphatic heterocycles. The maximum Gasteiger partial charge on any atom is 0.337 e. The van der Waals surface area contributed by atoms with Crippen molar-refractivity contribution in [1.29, 1.82) is 0 Å². The van der Waals surface area contributed by atoms with Crippen LogP contribution < -0.4 is 0 Å². The van der Waals surface area contributed by atoms with Crippen LogP contribution in [0.4, 0.5) is 0 Å². The van der Waals surface area contributed by atoms with Gasteiger partial charge in [-0.05, 0) is 47.9 Å². The van der Waals surface area contributed by atoms with Crippen molar-refractivity contribution in [1.82, 2.24) is 4.90 Å². The lowest BCUT2D eigenvalue weighted by atomic mass is 9.92. The number of benzene rings is 3. The lowest BCUT2D eigenvalue weighted by molar-refractivity contribution is -0.130. The summed E-state index contributed by atoms with van der Waals surface area (Å²) in [6.45, 7) is 2.00. The Hall–Kier alpha value is -4.65. The van der Waals surface area contributed by atoms with Gasteiger partial charge in [-0.1, -0.05) is 54.6 Å². The Morgan fingerprint density at radius 1 is 1.00 bits per heavy atom. The number of aryl methyl sites for hydroxylation is 1. The fourth-order valence-electron chi connectivity index (χ4n) is 4.55. The Morgan fingerprint density at radius 2 is 1.69 bits per heavy atom. The number of para-hydroxylation sites is 1. The van der Waals surface area contributed by atoms with Crippen LogP contribution in [0.3, 0.4) is 0 Å². The Bertz CT molecular complexity index is 1500. The smallest absolute Gasteiger partial charge is 0.337 e. The summed E-state index contributed by atoms with van der Waals surface area (Å²) in [7, 11) is 1.31. The summed E-state index contributed by atoms with van der Waals surface area (Å²) in [5.74, 6) is -2.21. The number of ether oxygens (including phenoxy) is 1. The first-order valence-corrected chi connectivity index (χ1v) is 11.4. The molecule has 2 heterocycles. The number of fused-ring (bicyclic) bond motifs is 1.